The Morgan fingerprint density at radius 3 is 2.68 bits per heavy atom. The summed E-state index contributed by atoms with van der Waals surface area (Å²) in [5.41, 5.74) is 6.51. The monoisotopic (exact) mass is 313 g/mol. The van der Waals surface area contributed by atoms with Crippen molar-refractivity contribution in [1.82, 2.24) is 4.90 Å². The summed E-state index contributed by atoms with van der Waals surface area (Å²) in [6.45, 7) is -0.931. The van der Waals surface area contributed by atoms with Crippen molar-refractivity contribution in [2.45, 2.75) is 32.4 Å². The van der Waals surface area contributed by atoms with Gasteiger partial charge in [-0.05, 0) is 31.4 Å². The van der Waals surface area contributed by atoms with Gasteiger partial charge < -0.3 is 20.1 Å². The molecule has 0 aromatic heterocycles. The van der Waals surface area contributed by atoms with Crippen LogP contribution in [0.3, 0.4) is 0 Å². The minimum atomic E-state index is -2.89. The number of guanidine groups is 1. The quantitative estimate of drug-likeness (QED) is 0.670. The van der Waals surface area contributed by atoms with Gasteiger partial charge in [0.05, 0.1) is 13.7 Å². The number of alkyl halides is 2. The largest absolute Gasteiger partial charge is 0.497 e. The van der Waals surface area contributed by atoms with Gasteiger partial charge in [-0.3, -0.25) is 0 Å². The van der Waals surface area contributed by atoms with Gasteiger partial charge in [-0.1, -0.05) is 0 Å². The summed E-state index contributed by atoms with van der Waals surface area (Å²) < 4.78 is 34.5. The minimum Gasteiger partial charge on any atom is -0.497 e. The van der Waals surface area contributed by atoms with Crippen LogP contribution in [0.2, 0.25) is 0 Å². The van der Waals surface area contributed by atoms with Crippen molar-refractivity contribution in [3.63, 3.8) is 0 Å². The lowest BCUT2D eigenvalue weighted by molar-refractivity contribution is -0.0505. The fourth-order valence-electron chi connectivity index (χ4n) is 2.39. The fourth-order valence-corrected chi connectivity index (χ4v) is 2.39. The van der Waals surface area contributed by atoms with Crippen molar-refractivity contribution < 1.29 is 18.3 Å². The lowest BCUT2D eigenvalue weighted by atomic mass is 10.1. The highest BCUT2D eigenvalue weighted by atomic mass is 19.3. The Labute approximate surface area is 128 Å². The summed E-state index contributed by atoms with van der Waals surface area (Å²) in [4.78, 5) is 6.31. The van der Waals surface area contributed by atoms with E-state index in [4.69, 9.17) is 10.5 Å². The molecule has 0 unspecified atom stereocenters. The summed E-state index contributed by atoms with van der Waals surface area (Å²) >= 11 is 0. The van der Waals surface area contributed by atoms with E-state index in [0.717, 1.165) is 25.9 Å². The van der Waals surface area contributed by atoms with Crippen LogP contribution >= 0.6 is 0 Å². The first-order valence-corrected chi connectivity index (χ1v) is 7.26. The van der Waals surface area contributed by atoms with Gasteiger partial charge in [0.1, 0.15) is 11.5 Å². The predicted octanol–water partition coefficient (Wildman–Crippen LogP) is 2.60. The summed E-state index contributed by atoms with van der Waals surface area (Å²) in [6, 6.07) is 4.76. The van der Waals surface area contributed by atoms with E-state index in [0.29, 0.717) is 17.3 Å². The molecule has 0 spiro atoms. The lowest BCUT2D eigenvalue weighted by Crippen LogP contribution is -2.40. The Morgan fingerprint density at radius 2 is 2.05 bits per heavy atom. The molecule has 2 rings (SSSR count). The van der Waals surface area contributed by atoms with Gasteiger partial charge in [-0.25, -0.2) is 4.99 Å². The molecule has 1 aromatic carbocycles. The highest BCUT2D eigenvalue weighted by Gasteiger charge is 2.14. The molecule has 5 nitrogen and oxygen atoms in total. The van der Waals surface area contributed by atoms with Gasteiger partial charge in [-0.15, -0.1) is 0 Å². The first-order valence-electron chi connectivity index (χ1n) is 7.26. The van der Waals surface area contributed by atoms with Gasteiger partial charge >= 0.3 is 6.61 Å². The van der Waals surface area contributed by atoms with E-state index >= 15 is 0 Å². The van der Waals surface area contributed by atoms with Crippen LogP contribution in [0.4, 0.5) is 8.78 Å². The molecule has 0 saturated carbocycles. The molecule has 1 aromatic rings. The third kappa shape index (κ3) is 4.47. The average Bonchev–Trinajstić information content (AvgIpc) is 2.53. The number of halogens is 2. The Kier molecular flexibility index (Phi) is 5.80. The molecule has 7 heteroatoms. The van der Waals surface area contributed by atoms with Crippen LogP contribution in [0.1, 0.15) is 24.8 Å². The fraction of sp³-hybridized carbons (Fsp3) is 0.533. The van der Waals surface area contributed by atoms with Crippen molar-refractivity contribution in [1.29, 1.82) is 0 Å². The topological polar surface area (TPSA) is 60.1 Å². The first kappa shape index (κ1) is 16.3. The van der Waals surface area contributed by atoms with E-state index in [1.807, 2.05) is 4.90 Å². The summed E-state index contributed by atoms with van der Waals surface area (Å²) in [7, 11) is 1.47. The molecule has 0 amide bonds. The number of rotatable bonds is 5. The van der Waals surface area contributed by atoms with Crippen LogP contribution in [0.25, 0.3) is 0 Å². The number of hydrogen-bond acceptors (Lipinski definition) is 3. The predicted molar refractivity (Wildman–Crippen MR) is 80.4 cm³/mol. The molecule has 1 aliphatic heterocycles. The summed E-state index contributed by atoms with van der Waals surface area (Å²) in [5.74, 6) is 0.954. The molecule has 0 radical (unpaired) electrons. The molecular formula is C15H21F2N3O2. The SMILES string of the molecule is COc1ccc(CN=C(N)N2CCCCC2)c(OC(F)F)c1. The van der Waals surface area contributed by atoms with Crippen molar-refractivity contribution in [3.8, 4) is 11.5 Å². The molecule has 2 N–H and O–H groups in total. The maximum atomic E-state index is 12.5. The van der Waals surface area contributed by atoms with Crippen molar-refractivity contribution in [3.05, 3.63) is 23.8 Å². The van der Waals surface area contributed by atoms with E-state index in [1.165, 1.54) is 19.6 Å². The van der Waals surface area contributed by atoms with Crippen LogP contribution in [-0.2, 0) is 6.54 Å². The third-order valence-corrected chi connectivity index (χ3v) is 3.58. The van der Waals surface area contributed by atoms with E-state index in [-0.39, 0.29) is 12.3 Å². The Hall–Kier alpha value is -2.05. The van der Waals surface area contributed by atoms with E-state index in [9.17, 15) is 8.78 Å². The second kappa shape index (κ2) is 7.82. The van der Waals surface area contributed by atoms with Gasteiger partial charge in [0.2, 0.25) is 0 Å². The molecule has 22 heavy (non-hydrogen) atoms. The second-order valence-corrected chi connectivity index (χ2v) is 5.07. The number of nitrogens with zero attached hydrogens (tertiary/aromatic N) is 2. The Bertz CT molecular complexity index is 518. The molecule has 0 aliphatic carbocycles. The van der Waals surface area contributed by atoms with Crippen LogP contribution < -0.4 is 15.2 Å². The average molecular weight is 313 g/mol. The van der Waals surface area contributed by atoms with Crippen molar-refractivity contribution in [2.75, 3.05) is 20.2 Å². The van der Waals surface area contributed by atoms with E-state index in [2.05, 4.69) is 9.73 Å². The zero-order chi connectivity index (χ0) is 15.9. The number of likely N-dealkylation sites (tertiary alicyclic amines) is 1. The summed E-state index contributed by atoms with van der Waals surface area (Å²) in [6.07, 6.45) is 3.39. The van der Waals surface area contributed by atoms with Crippen LogP contribution in [-0.4, -0.2) is 37.7 Å². The lowest BCUT2D eigenvalue weighted by Gasteiger charge is -2.27. The standard InChI is InChI=1S/C15H21F2N3O2/c1-21-12-6-5-11(13(9-12)22-14(16)17)10-19-15(18)20-7-3-2-4-8-20/h5-6,9,14H,2-4,7-8,10H2,1H3,(H2,18,19). The molecule has 1 heterocycles. The number of piperidine rings is 1. The normalized spacial score (nSPS) is 16.0. The number of hydrogen-bond donors (Lipinski definition) is 1. The second-order valence-electron chi connectivity index (χ2n) is 5.07. The molecular weight excluding hydrogens is 292 g/mol. The smallest absolute Gasteiger partial charge is 0.387 e. The maximum Gasteiger partial charge on any atom is 0.387 e. The zero-order valence-corrected chi connectivity index (χ0v) is 12.6. The Balaban J connectivity index is 2.10. The number of benzene rings is 1. The number of aliphatic imine (C=N–C) groups is 1. The molecule has 0 atom stereocenters. The number of methoxy groups -OCH3 is 1. The van der Waals surface area contributed by atoms with Crippen LogP contribution in [0.15, 0.2) is 23.2 Å². The zero-order valence-electron chi connectivity index (χ0n) is 12.6. The molecule has 122 valence electrons. The van der Waals surface area contributed by atoms with Gasteiger partial charge in [0, 0.05) is 24.7 Å². The van der Waals surface area contributed by atoms with Crippen molar-refractivity contribution in [2.24, 2.45) is 10.7 Å². The minimum absolute atomic E-state index is 0.0598. The third-order valence-electron chi connectivity index (χ3n) is 3.58. The highest BCUT2D eigenvalue weighted by molar-refractivity contribution is 5.78. The molecule has 1 aliphatic rings. The van der Waals surface area contributed by atoms with E-state index < -0.39 is 6.61 Å². The molecule has 1 fully saturated rings. The number of nitrogens with two attached hydrogens (primary N) is 1. The van der Waals surface area contributed by atoms with Gasteiger partial charge in [0.15, 0.2) is 5.96 Å². The van der Waals surface area contributed by atoms with Gasteiger partial charge in [-0.2, -0.15) is 8.78 Å². The van der Waals surface area contributed by atoms with Crippen LogP contribution in [0.5, 0.6) is 11.5 Å². The first-order chi connectivity index (χ1) is 10.6. The Morgan fingerprint density at radius 1 is 1.32 bits per heavy atom. The van der Waals surface area contributed by atoms with Crippen LogP contribution in [0, 0.1) is 0 Å². The van der Waals surface area contributed by atoms with E-state index in [1.54, 1.807) is 12.1 Å². The van der Waals surface area contributed by atoms with Gasteiger partial charge in [0.25, 0.3) is 0 Å². The highest BCUT2D eigenvalue weighted by Crippen LogP contribution is 2.27. The molecule has 0 bridgehead atoms. The number of ether oxygens (including phenoxy) is 2. The molecule has 1 saturated heterocycles. The van der Waals surface area contributed by atoms with Crippen molar-refractivity contribution >= 4 is 5.96 Å². The maximum absolute atomic E-state index is 12.5. The summed E-state index contributed by atoms with van der Waals surface area (Å²) in [5, 5.41) is 0.